The predicted octanol–water partition coefficient (Wildman–Crippen LogP) is 11.2. The van der Waals surface area contributed by atoms with Crippen molar-refractivity contribution in [3.63, 3.8) is 0 Å². The number of hydrogen-bond donors (Lipinski definition) is 0. The van der Waals surface area contributed by atoms with Gasteiger partial charge in [-0.15, -0.1) is 0 Å². The zero-order chi connectivity index (χ0) is 30.5. The van der Waals surface area contributed by atoms with Gasteiger partial charge in [0, 0.05) is 30.8 Å². The maximum Gasteiger partial charge on any atom is 0.144 e. The molecule has 7 rings (SSSR count). The van der Waals surface area contributed by atoms with E-state index >= 15 is 0 Å². The summed E-state index contributed by atoms with van der Waals surface area (Å²) in [5.41, 5.74) is 10.0. The number of nitrogens with zero attached hydrogens (tertiary/aromatic N) is 1. The first-order valence-electron chi connectivity index (χ1n) is 15.4. The third kappa shape index (κ3) is 5.01. The van der Waals surface area contributed by atoms with Gasteiger partial charge in [-0.25, -0.2) is 0 Å². The van der Waals surface area contributed by atoms with Crippen molar-refractivity contribution in [1.82, 2.24) is 4.98 Å². The minimum absolute atomic E-state index is 0.562. The van der Waals surface area contributed by atoms with Gasteiger partial charge in [0.05, 0.1) is 5.69 Å². The van der Waals surface area contributed by atoms with Gasteiger partial charge in [-0.2, -0.15) is 0 Å². The van der Waals surface area contributed by atoms with E-state index in [1.807, 2.05) is 45.0 Å². The minimum Gasteiger partial charge on any atom is -0.455 e. The Morgan fingerprint density at radius 2 is 1.10 bits per heavy atom. The second-order valence-electron chi connectivity index (χ2n) is 11.8. The molecule has 204 valence electrons. The van der Waals surface area contributed by atoms with Gasteiger partial charge in [0.15, 0.2) is 0 Å². The fourth-order valence-electron chi connectivity index (χ4n) is 5.67. The highest BCUT2D eigenvalue weighted by molar-refractivity contribution is 6.12. The Bertz CT molecular complexity index is 2100. The van der Waals surface area contributed by atoms with Crippen LogP contribution in [-0.2, 0) is 6.37 Å². The van der Waals surface area contributed by atoms with Gasteiger partial charge in [-0.1, -0.05) is 130 Å². The molecule has 42 heavy (non-hydrogen) atoms. The lowest BCUT2D eigenvalue weighted by Gasteiger charge is -2.18. The van der Waals surface area contributed by atoms with Gasteiger partial charge < -0.3 is 4.42 Å². The molecule has 0 saturated carbocycles. The summed E-state index contributed by atoms with van der Waals surface area (Å²) in [5, 5.41) is 2.06. The molecule has 0 fully saturated rings. The first-order valence-corrected chi connectivity index (χ1v) is 14.4. The summed E-state index contributed by atoms with van der Waals surface area (Å²) in [6.07, 6.45) is 0.174. The van der Waals surface area contributed by atoms with Gasteiger partial charge in [0.25, 0.3) is 0 Å². The van der Waals surface area contributed by atoms with Crippen LogP contribution in [0.4, 0.5) is 0 Å². The van der Waals surface area contributed by atoms with E-state index in [9.17, 15) is 0 Å². The second-order valence-corrected chi connectivity index (χ2v) is 11.8. The van der Waals surface area contributed by atoms with Crippen LogP contribution in [0.1, 0.15) is 29.1 Å². The molecular formula is C40H33NO. The molecule has 0 N–H and O–H groups in total. The average Bonchev–Trinajstić information content (AvgIpc) is 3.44. The molecule has 0 aliphatic rings. The van der Waals surface area contributed by atoms with E-state index in [4.69, 9.17) is 7.16 Å². The summed E-state index contributed by atoms with van der Waals surface area (Å²) >= 11 is 0. The summed E-state index contributed by atoms with van der Waals surface area (Å²) in [6, 6.07) is 43.8. The number of rotatable bonds is 5. The smallest absolute Gasteiger partial charge is 0.144 e. The van der Waals surface area contributed by atoms with E-state index < -0.39 is 11.8 Å². The molecule has 0 atom stereocenters. The highest BCUT2D eigenvalue weighted by Gasteiger charge is 2.17. The Morgan fingerprint density at radius 1 is 0.571 bits per heavy atom. The molecular weight excluding hydrogens is 510 g/mol. The van der Waals surface area contributed by atoms with Crippen molar-refractivity contribution in [2.24, 2.45) is 5.41 Å². The number of furan rings is 1. The Balaban J connectivity index is 1.26. The fourth-order valence-corrected chi connectivity index (χ4v) is 5.67. The molecule has 0 unspecified atom stereocenters. The van der Waals surface area contributed by atoms with Crippen molar-refractivity contribution in [3.8, 4) is 44.6 Å². The van der Waals surface area contributed by atoms with E-state index in [1.54, 1.807) is 12.3 Å². The molecule has 2 heteroatoms. The van der Waals surface area contributed by atoms with Gasteiger partial charge >= 0.3 is 0 Å². The van der Waals surface area contributed by atoms with E-state index in [2.05, 4.69) is 102 Å². The van der Waals surface area contributed by atoms with Crippen LogP contribution in [0.15, 0.2) is 138 Å². The normalized spacial score (nSPS) is 12.8. The Morgan fingerprint density at radius 3 is 1.69 bits per heavy atom. The van der Waals surface area contributed by atoms with Crippen LogP contribution >= 0.6 is 0 Å². The van der Waals surface area contributed by atoms with Gasteiger partial charge in [0.2, 0.25) is 0 Å². The van der Waals surface area contributed by atoms with Crippen molar-refractivity contribution in [2.45, 2.75) is 27.1 Å². The van der Waals surface area contributed by atoms with Crippen molar-refractivity contribution in [2.75, 3.05) is 0 Å². The standard InChI is InChI=1S/C40H33NO/c1-40(2,3)26-27-23-24-41-37(25-27)36-14-8-13-35-34-12-7-11-33(38(34)42-39(35)36)32-21-19-31(20-22-32)30-17-15-29(16-18-30)28-9-5-4-6-10-28/h4-25H,26H2,1-3H3/i26D2. The van der Waals surface area contributed by atoms with Crippen LogP contribution in [0.3, 0.4) is 0 Å². The number of aromatic nitrogens is 1. The quantitative estimate of drug-likeness (QED) is 0.215. The lowest BCUT2D eigenvalue weighted by Crippen LogP contribution is -2.09. The Labute approximate surface area is 250 Å². The molecule has 0 radical (unpaired) electrons. The van der Waals surface area contributed by atoms with Crippen LogP contribution in [0.2, 0.25) is 0 Å². The van der Waals surface area contributed by atoms with Crippen LogP contribution in [0.5, 0.6) is 0 Å². The number of hydrogen-bond acceptors (Lipinski definition) is 2. The second kappa shape index (κ2) is 10.5. The van der Waals surface area contributed by atoms with E-state index in [1.165, 1.54) is 16.7 Å². The lowest BCUT2D eigenvalue weighted by molar-refractivity contribution is 0.411. The van der Waals surface area contributed by atoms with E-state index in [0.717, 1.165) is 44.2 Å². The molecule has 0 bridgehead atoms. The summed E-state index contributed by atoms with van der Waals surface area (Å²) in [5.74, 6) is 0. The molecule has 2 heterocycles. The van der Waals surface area contributed by atoms with E-state index in [0.29, 0.717) is 11.3 Å². The van der Waals surface area contributed by atoms with Gasteiger partial charge in [-0.05, 0) is 63.4 Å². The zero-order valence-electron chi connectivity index (χ0n) is 26.1. The zero-order valence-corrected chi connectivity index (χ0v) is 24.1. The number of para-hydroxylation sites is 2. The van der Waals surface area contributed by atoms with E-state index in [-0.39, 0.29) is 0 Å². The van der Waals surface area contributed by atoms with Crippen molar-refractivity contribution in [1.29, 1.82) is 0 Å². The monoisotopic (exact) mass is 545 g/mol. The first-order chi connectivity index (χ1) is 21.2. The van der Waals surface area contributed by atoms with Crippen molar-refractivity contribution < 1.29 is 7.16 Å². The summed E-state index contributed by atoms with van der Waals surface area (Å²) in [6.45, 7) is 5.76. The highest BCUT2D eigenvalue weighted by Crippen LogP contribution is 2.40. The predicted molar refractivity (Wildman–Crippen MR) is 176 cm³/mol. The molecule has 5 aromatic carbocycles. The third-order valence-electron chi connectivity index (χ3n) is 7.60. The molecule has 0 aliphatic heterocycles. The molecule has 0 spiro atoms. The molecule has 0 aliphatic carbocycles. The third-order valence-corrected chi connectivity index (χ3v) is 7.60. The summed E-state index contributed by atoms with van der Waals surface area (Å²) in [7, 11) is 0. The molecule has 0 amide bonds. The van der Waals surface area contributed by atoms with Crippen LogP contribution in [0, 0.1) is 5.41 Å². The largest absolute Gasteiger partial charge is 0.455 e. The van der Waals surface area contributed by atoms with Gasteiger partial charge in [-0.3, -0.25) is 4.98 Å². The molecule has 2 aromatic heterocycles. The number of fused-ring (bicyclic) bond motifs is 3. The minimum atomic E-state index is -1.52. The van der Waals surface area contributed by atoms with Crippen molar-refractivity contribution in [3.05, 3.63) is 139 Å². The SMILES string of the molecule is [2H]C([2H])(c1ccnc(-c2cccc3c2oc2c(-c4ccc(-c5ccc(-c6ccccc6)cc5)cc4)cccc23)c1)C(C)(C)C. The maximum absolute atomic E-state index is 8.78. The number of pyridine rings is 1. The van der Waals surface area contributed by atoms with Crippen LogP contribution in [-0.4, -0.2) is 4.98 Å². The molecule has 7 aromatic rings. The molecule has 2 nitrogen and oxygen atoms in total. The van der Waals surface area contributed by atoms with Crippen LogP contribution < -0.4 is 0 Å². The number of benzene rings is 5. The summed E-state index contributed by atoms with van der Waals surface area (Å²) < 4.78 is 24.2. The van der Waals surface area contributed by atoms with Gasteiger partial charge in [0.1, 0.15) is 11.2 Å². The fraction of sp³-hybridized carbons (Fsp3) is 0.125. The maximum atomic E-state index is 8.78. The van der Waals surface area contributed by atoms with Crippen LogP contribution in [0.25, 0.3) is 66.6 Å². The Kier molecular flexibility index (Phi) is 5.91. The molecule has 0 saturated heterocycles. The van der Waals surface area contributed by atoms with Crippen molar-refractivity contribution >= 4 is 21.9 Å². The highest BCUT2D eigenvalue weighted by atomic mass is 16.3. The Hall–Kier alpha value is -4.95. The summed E-state index contributed by atoms with van der Waals surface area (Å²) in [4.78, 5) is 4.64. The average molecular weight is 546 g/mol. The topological polar surface area (TPSA) is 26.0 Å². The lowest BCUT2D eigenvalue weighted by atomic mass is 9.88. The first kappa shape index (κ1) is 23.7.